The zero-order valence-electron chi connectivity index (χ0n) is 9.75. The van der Waals surface area contributed by atoms with Crippen LogP contribution in [0.2, 0.25) is 0 Å². The maximum atomic E-state index is 13.5. The summed E-state index contributed by atoms with van der Waals surface area (Å²) >= 11 is 3.06. The molecule has 0 heterocycles. The lowest BCUT2D eigenvalue weighted by Crippen LogP contribution is -2.02. The van der Waals surface area contributed by atoms with Gasteiger partial charge in [-0.3, -0.25) is 0 Å². The molecule has 0 fully saturated rings. The first-order valence-corrected chi connectivity index (χ1v) is 6.27. The van der Waals surface area contributed by atoms with Gasteiger partial charge < -0.3 is 5.32 Å². The van der Waals surface area contributed by atoms with E-state index in [1.54, 1.807) is 12.1 Å². The molecule has 19 heavy (non-hydrogen) atoms. The van der Waals surface area contributed by atoms with Crippen molar-refractivity contribution >= 4 is 21.6 Å². The molecule has 96 valence electrons. The molecule has 0 saturated carbocycles. The normalized spacial score (nSPS) is 10.0. The largest absolute Gasteiger partial charge is 0.381 e. The molecule has 0 bridgehead atoms. The van der Waals surface area contributed by atoms with Crippen molar-refractivity contribution in [3.8, 4) is 6.07 Å². The molecule has 2 rings (SSSR count). The molecule has 0 aromatic heterocycles. The van der Waals surface area contributed by atoms with Crippen LogP contribution < -0.4 is 5.32 Å². The summed E-state index contributed by atoms with van der Waals surface area (Å²) in [6.45, 7) is 0.183. The minimum Gasteiger partial charge on any atom is -0.381 e. The first kappa shape index (κ1) is 13.5. The first-order chi connectivity index (χ1) is 9.10. The Bertz CT molecular complexity index is 650. The third-order valence-corrected chi connectivity index (χ3v) is 3.22. The number of hydrogen-bond donors (Lipinski definition) is 1. The van der Waals surface area contributed by atoms with E-state index in [-0.39, 0.29) is 6.54 Å². The quantitative estimate of drug-likeness (QED) is 0.918. The zero-order valence-corrected chi connectivity index (χ0v) is 11.3. The molecule has 0 aliphatic rings. The SMILES string of the molecule is N#Cc1ccc(F)c(CNc2ccc(Br)c(F)c2)c1. The molecule has 2 nitrogen and oxygen atoms in total. The van der Waals surface area contributed by atoms with Gasteiger partial charge in [0.15, 0.2) is 0 Å². The standard InChI is InChI=1S/C14H9BrF2N2/c15-12-3-2-11(6-14(12)17)19-8-10-5-9(7-18)1-4-13(10)16/h1-6,19H,8H2. The van der Waals surface area contributed by atoms with E-state index >= 15 is 0 Å². The fourth-order valence-corrected chi connectivity index (χ4v) is 1.83. The van der Waals surface area contributed by atoms with E-state index in [0.29, 0.717) is 21.3 Å². The van der Waals surface area contributed by atoms with Crippen LogP contribution in [0.3, 0.4) is 0 Å². The zero-order chi connectivity index (χ0) is 13.8. The second kappa shape index (κ2) is 5.81. The summed E-state index contributed by atoms with van der Waals surface area (Å²) in [7, 11) is 0. The van der Waals surface area contributed by atoms with E-state index in [1.807, 2.05) is 6.07 Å². The maximum Gasteiger partial charge on any atom is 0.139 e. The van der Waals surface area contributed by atoms with Crippen LogP contribution in [0.25, 0.3) is 0 Å². The molecular weight excluding hydrogens is 314 g/mol. The summed E-state index contributed by atoms with van der Waals surface area (Å²) in [5, 5.41) is 11.7. The van der Waals surface area contributed by atoms with Crippen LogP contribution in [-0.4, -0.2) is 0 Å². The Hall–Kier alpha value is -1.93. The molecule has 0 atom stereocenters. The van der Waals surface area contributed by atoms with Crippen molar-refractivity contribution in [1.82, 2.24) is 0 Å². The summed E-state index contributed by atoms with van der Waals surface area (Å²) in [4.78, 5) is 0. The van der Waals surface area contributed by atoms with Crippen LogP contribution in [0.1, 0.15) is 11.1 Å². The van der Waals surface area contributed by atoms with E-state index in [1.165, 1.54) is 24.3 Å². The Morgan fingerprint density at radius 1 is 1.11 bits per heavy atom. The highest BCUT2D eigenvalue weighted by atomic mass is 79.9. The molecule has 0 aliphatic carbocycles. The van der Waals surface area contributed by atoms with Gasteiger partial charge in [-0.2, -0.15) is 5.26 Å². The monoisotopic (exact) mass is 322 g/mol. The number of hydrogen-bond acceptors (Lipinski definition) is 2. The molecule has 1 N–H and O–H groups in total. The average Bonchev–Trinajstić information content (AvgIpc) is 2.41. The fraction of sp³-hybridized carbons (Fsp3) is 0.0714. The summed E-state index contributed by atoms with van der Waals surface area (Å²) in [5.41, 5.74) is 1.30. The number of benzene rings is 2. The minimum absolute atomic E-state index is 0.183. The third-order valence-electron chi connectivity index (χ3n) is 2.58. The lowest BCUT2D eigenvalue weighted by atomic mass is 10.1. The first-order valence-electron chi connectivity index (χ1n) is 5.47. The van der Waals surface area contributed by atoms with Crippen LogP contribution in [0.5, 0.6) is 0 Å². The predicted molar refractivity (Wildman–Crippen MR) is 72.5 cm³/mol. The average molecular weight is 323 g/mol. The number of nitriles is 1. The van der Waals surface area contributed by atoms with Gasteiger partial charge >= 0.3 is 0 Å². The summed E-state index contributed by atoms with van der Waals surface area (Å²) in [6.07, 6.45) is 0. The van der Waals surface area contributed by atoms with E-state index in [4.69, 9.17) is 5.26 Å². The molecule has 5 heteroatoms. The molecular formula is C14H9BrF2N2. The number of rotatable bonds is 3. The van der Waals surface area contributed by atoms with Crippen molar-refractivity contribution in [1.29, 1.82) is 5.26 Å². The van der Waals surface area contributed by atoms with Crippen LogP contribution in [-0.2, 0) is 6.54 Å². The van der Waals surface area contributed by atoms with Crippen LogP contribution in [0.4, 0.5) is 14.5 Å². The second-order valence-corrected chi connectivity index (χ2v) is 4.75. The van der Waals surface area contributed by atoms with Crippen LogP contribution in [0.15, 0.2) is 40.9 Å². The van der Waals surface area contributed by atoms with Crippen LogP contribution in [0, 0.1) is 23.0 Å². The number of nitrogens with zero attached hydrogens (tertiary/aromatic N) is 1. The fourth-order valence-electron chi connectivity index (χ4n) is 1.58. The van der Waals surface area contributed by atoms with E-state index in [0.717, 1.165) is 0 Å². The van der Waals surface area contributed by atoms with Crippen molar-refractivity contribution in [2.75, 3.05) is 5.32 Å². The molecule has 0 aliphatic heterocycles. The van der Waals surface area contributed by atoms with Gasteiger partial charge in [-0.25, -0.2) is 8.78 Å². The topological polar surface area (TPSA) is 35.8 Å². The summed E-state index contributed by atoms with van der Waals surface area (Å²) in [6, 6.07) is 10.6. The van der Waals surface area contributed by atoms with Gasteiger partial charge in [0.2, 0.25) is 0 Å². The second-order valence-electron chi connectivity index (χ2n) is 3.90. The predicted octanol–water partition coefficient (Wildman–Crippen LogP) is 4.21. The van der Waals surface area contributed by atoms with Gasteiger partial charge in [0.25, 0.3) is 0 Å². The molecule has 0 amide bonds. The Kier molecular flexibility index (Phi) is 4.13. The van der Waals surface area contributed by atoms with Crippen molar-refractivity contribution in [2.24, 2.45) is 0 Å². The summed E-state index contributed by atoms with van der Waals surface area (Å²) in [5.74, 6) is -0.791. The third kappa shape index (κ3) is 3.30. The van der Waals surface area contributed by atoms with Crippen molar-refractivity contribution in [3.63, 3.8) is 0 Å². The Morgan fingerprint density at radius 2 is 1.89 bits per heavy atom. The van der Waals surface area contributed by atoms with Gasteiger partial charge in [-0.05, 0) is 52.3 Å². The molecule has 0 spiro atoms. The lowest BCUT2D eigenvalue weighted by molar-refractivity contribution is 0.612. The molecule has 0 saturated heterocycles. The molecule has 2 aromatic carbocycles. The molecule has 2 aromatic rings. The Morgan fingerprint density at radius 3 is 2.58 bits per heavy atom. The molecule has 0 radical (unpaired) electrons. The van der Waals surface area contributed by atoms with Gasteiger partial charge in [0, 0.05) is 17.8 Å². The highest BCUT2D eigenvalue weighted by molar-refractivity contribution is 9.10. The van der Waals surface area contributed by atoms with Gasteiger partial charge in [-0.1, -0.05) is 0 Å². The number of nitrogens with one attached hydrogen (secondary N) is 1. The van der Waals surface area contributed by atoms with Gasteiger partial charge in [0.05, 0.1) is 16.1 Å². The maximum absolute atomic E-state index is 13.5. The number of anilines is 1. The van der Waals surface area contributed by atoms with Crippen molar-refractivity contribution < 1.29 is 8.78 Å². The number of halogens is 3. The van der Waals surface area contributed by atoms with Crippen molar-refractivity contribution in [2.45, 2.75) is 6.54 Å². The van der Waals surface area contributed by atoms with E-state index in [2.05, 4.69) is 21.2 Å². The van der Waals surface area contributed by atoms with Gasteiger partial charge in [0.1, 0.15) is 11.6 Å². The van der Waals surface area contributed by atoms with Crippen molar-refractivity contribution in [3.05, 3.63) is 63.6 Å². The Balaban J connectivity index is 2.14. The Labute approximate surface area is 117 Å². The smallest absolute Gasteiger partial charge is 0.139 e. The molecule has 0 unspecified atom stereocenters. The highest BCUT2D eigenvalue weighted by Gasteiger charge is 2.05. The minimum atomic E-state index is -0.399. The summed E-state index contributed by atoms with van der Waals surface area (Å²) < 4.78 is 27.2. The van der Waals surface area contributed by atoms with Gasteiger partial charge in [-0.15, -0.1) is 0 Å². The highest BCUT2D eigenvalue weighted by Crippen LogP contribution is 2.20. The van der Waals surface area contributed by atoms with Crippen LogP contribution >= 0.6 is 15.9 Å². The van der Waals surface area contributed by atoms with E-state index < -0.39 is 11.6 Å². The van der Waals surface area contributed by atoms with E-state index in [9.17, 15) is 8.78 Å². The lowest BCUT2D eigenvalue weighted by Gasteiger charge is -2.08.